The normalized spacial score (nSPS) is 22.9. The average Bonchev–Trinajstić information content (AvgIpc) is 1.79. The molecule has 0 nitrogen and oxygen atoms in total. The van der Waals surface area contributed by atoms with Gasteiger partial charge in [0.15, 0.2) is 0 Å². The lowest BCUT2D eigenvalue weighted by Crippen LogP contribution is -1.89. The van der Waals surface area contributed by atoms with Gasteiger partial charge in [-0.25, -0.2) is 0 Å². The van der Waals surface area contributed by atoms with Crippen molar-refractivity contribution in [3.8, 4) is 0 Å². The van der Waals surface area contributed by atoms with Crippen molar-refractivity contribution in [2.24, 2.45) is 0 Å². The second-order valence-electron chi connectivity index (χ2n) is 2.87. The molecule has 0 N–H and O–H groups in total. The Labute approximate surface area is 58.0 Å². The second kappa shape index (κ2) is 3.71. The van der Waals surface area contributed by atoms with Gasteiger partial charge >= 0.3 is 0 Å². The molecule has 0 heteroatoms. The molecule has 0 atom stereocenters. The van der Waals surface area contributed by atoms with Crippen LogP contribution in [0.2, 0.25) is 0 Å². The van der Waals surface area contributed by atoms with E-state index in [9.17, 15) is 0 Å². The van der Waals surface area contributed by atoms with Crippen LogP contribution in [0.4, 0.5) is 0 Å². The molecule has 1 rings (SSSR count). The minimum absolute atomic E-state index is 0.981. The minimum Gasteiger partial charge on any atom is -0.0617 e. The highest BCUT2D eigenvalue weighted by atomic mass is 14.1. The molecule has 0 aromatic carbocycles. The first-order valence-corrected chi connectivity index (χ1v) is 3.96. The molecular weight excluding hydrogens is 108 g/mol. The Morgan fingerprint density at radius 3 is 1.78 bits per heavy atom. The lowest BCUT2D eigenvalue weighted by Gasteiger charge is -2.08. The third-order valence-electron chi connectivity index (χ3n) is 1.96. The fourth-order valence-electron chi connectivity index (χ4n) is 1.33. The summed E-state index contributed by atoms with van der Waals surface area (Å²) >= 11 is 0. The Hall–Kier alpha value is -0.260. The fraction of sp³-hybridized carbons (Fsp3) is 0.778. The third-order valence-corrected chi connectivity index (χ3v) is 1.96. The topological polar surface area (TPSA) is 0 Å². The van der Waals surface area contributed by atoms with Crippen LogP contribution in [-0.2, 0) is 0 Å². The number of rotatable bonds is 0. The number of allylic oxidation sites excluding steroid dienone is 1. The van der Waals surface area contributed by atoms with Gasteiger partial charge in [0.05, 0.1) is 0 Å². The van der Waals surface area contributed by atoms with E-state index in [0.29, 0.717) is 0 Å². The Balaban J connectivity index is 2.20. The molecule has 0 aliphatic heterocycles. The summed E-state index contributed by atoms with van der Waals surface area (Å²) in [6.45, 7) is 7.43. The Morgan fingerprint density at radius 1 is 0.778 bits per heavy atom. The molecule has 50 valence electrons. The van der Waals surface area contributed by atoms with Gasteiger partial charge in [0.2, 0.25) is 0 Å². The summed E-state index contributed by atoms with van der Waals surface area (Å²) in [5.74, 6) is 0. The minimum atomic E-state index is 0.981. The predicted octanol–water partition coefficient (Wildman–Crippen LogP) is 2.97. The summed E-state index contributed by atoms with van der Waals surface area (Å²) in [4.78, 5) is 0. The Bertz CT molecular complexity index is 82.2. The number of hydrogen-bond acceptors (Lipinski definition) is 0. The standard InChI is InChI=1S/C9H14/c1-9-7-5-3-2-4-6-8-9/h2-8H2. The zero-order chi connectivity index (χ0) is 6.53. The molecule has 9 heavy (non-hydrogen) atoms. The van der Waals surface area contributed by atoms with Crippen LogP contribution in [0.3, 0.4) is 0 Å². The molecular formula is C9H14. The second-order valence-corrected chi connectivity index (χ2v) is 2.87. The van der Waals surface area contributed by atoms with E-state index in [4.69, 9.17) is 6.58 Å². The molecule has 2 radical (unpaired) electrons. The molecule has 1 aliphatic rings. The highest BCUT2D eigenvalue weighted by Crippen LogP contribution is 2.19. The molecule has 0 amide bonds. The lowest BCUT2D eigenvalue weighted by atomic mass is 9.98. The summed E-state index contributed by atoms with van der Waals surface area (Å²) in [7, 11) is 0. The van der Waals surface area contributed by atoms with Gasteiger partial charge in [0, 0.05) is 0 Å². The van der Waals surface area contributed by atoms with Crippen molar-refractivity contribution in [3.63, 3.8) is 0 Å². The van der Waals surface area contributed by atoms with Gasteiger partial charge in [-0.05, 0) is 32.3 Å². The van der Waals surface area contributed by atoms with Crippen molar-refractivity contribution in [3.05, 3.63) is 12.2 Å². The van der Waals surface area contributed by atoms with Gasteiger partial charge in [-0.3, -0.25) is 0 Å². The van der Waals surface area contributed by atoms with Crippen molar-refractivity contribution >= 4 is 0 Å². The molecule has 0 bridgehead atoms. The smallest absolute Gasteiger partial charge is 0.0108 e. The maximum atomic E-state index is 7.43. The monoisotopic (exact) mass is 122 g/mol. The zero-order valence-electron chi connectivity index (χ0n) is 5.95. The Kier molecular flexibility index (Phi) is 2.82. The lowest BCUT2D eigenvalue weighted by molar-refractivity contribution is 0.569. The molecule has 0 unspecified atom stereocenters. The van der Waals surface area contributed by atoms with Crippen LogP contribution in [0.25, 0.3) is 0 Å². The van der Waals surface area contributed by atoms with E-state index in [-0.39, 0.29) is 0 Å². The van der Waals surface area contributed by atoms with Gasteiger partial charge in [-0.15, -0.1) is 0 Å². The van der Waals surface area contributed by atoms with Crippen LogP contribution in [0.1, 0.15) is 44.9 Å². The van der Waals surface area contributed by atoms with E-state index < -0.39 is 0 Å². The van der Waals surface area contributed by atoms with Crippen LogP contribution in [0.15, 0.2) is 5.57 Å². The van der Waals surface area contributed by atoms with Gasteiger partial charge in [0.25, 0.3) is 0 Å². The number of hydrogen-bond donors (Lipinski definition) is 0. The van der Waals surface area contributed by atoms with Gasteiger partial charge in [-0.1, -0.05) is 24.8 Å². The summed E-state index contributed by atoms with van der Waals surface area (Å²) in [5, 5.41) is 0. The predicted molar refractivity (Wildman–Crippen MR) is 39.1 cm³/mol. The molecule has 0 spiro atoms. The van der Waals surface area contributed by atoms with E-state index in [1.165, 1.54) is 32.1 Å². The van der Waals surface area contributed by atoms with Crippen molar-refractivity contribution < 1.29 is 0 Å². The van der Waals surface area contributed by atoms with E-state index in [1.54, 1.807) is 0 Å². The molecule has 0 saturated heterocycles. The molecule has 1 aliphatic carbocycles. The maximum Gasteiger partial charge on any atom is -0.0108 e. The summed E-state index contributed by atoms with van der Waals surface area (Å²) in [6.07, 6.45) is 8.76. The van der Waals surface area contributed by atoms with Crippen molar-refractivity contribution in [1.29, 1.82) is 0 Å². The van der Waals surface area contributed by atoms with E-state index in [2.05, 4.69) is 0 Å². The van der Waals surface area contributed by atoms with E-state index in [1.807, 2.05) is 0 Å². The first kappa shape index (κ1) is 6.85. The van der Waals surface area contributed by atoms with Crippen LogP contribution in [-0.4, -0.2) is 0 Å². The van der Waals surface area contributed by atoms with Gasteiger partial charge in [-0.2, -0.15) is 0 Å². The van der Waals surface area contributed by atoms with Crippen LogP contribution in [0, 0.1) is 6.58 Å². The van der Waals surface area contributed by atoms with Gasteiger partial charge < -0.3 is 0 Å². The average molecular weight is 122 g/mol. The third kappa shape index (κ3) is 2.69. The van der Waals surface area contributed by atoms with E-state index in [0.717, 1.165) is 18.4 Å². The molecule has 0 aromatic rings. The quantitative estimate of drug-likeness (QED) is 0.463. The summed E-state index contributed by atoms with van der Waals surface area (Å²) in [6, 6.07) is 0. The zero-order valence-corrected chi connectivity index (χ0v) is 5.95. The van der Waals surface area contributed by atoms with E-state index >= 15 is 0 Å². The fourth-order valence-corrected chi connectivity index (χ4v) is 1.33. The molecule has 0 aromatic heterocycles. The first-order chi connectivity index (χ1) is 4.39. The highest BCUT2D eigenvalue weighted by molar-refractivity contribution is 4.91. The van der Waals surface area contributed by atoms with Crippen molar-refractivity contribution in [2.45, 2.75) is 44.9 Å². The van der Waals surface area contributed by atoms with Crippen LogP contribution in [0.5, 0.6) is 0 Å². The largest absolute Gasteiger partial charge is 0.0617 e. The molecule has 1 saturated carbocycles. The van der Waals surface area contributed by atoms with Crippen molar-refractivity contribution in [1.82, 2.24) is 0 Å². The molecule has 0 heterocycles. The SMILES string of the molecule is [C]=C1CCCCCCC1. The maximum absolute atomic E-state index is 7.43. The first-order valence-electron chi connectivity index (χ1n) is 3.96. The van der Waals surface area contributed by atoms with Crippen LogP contribution >= 0.6 is 0 Å². The summed E-state index contributed by atoms with van der Waals surface area (Å²) in [5.41, 5.74) is 0.981. The van der Waals surface area contributed by atoms with Crippen molar-refractivity contribution in [2.75, 3.05) is 0 Å². The Morgan fingerprint density at radius 2 is 1.22 bits per heavy atom. The van der Waals surface area contributed by atoms with Crippen LogP contribution < -0.4 is 0 Å². The van der Waals surface area contributed by atoms with Gasteiger partial charge in [0.1, 0.15) is 0 Å². The highest BCUT2D eigenvalue weighted by Gasteiger charge is 2.00. The molecule has 1 fully saturated rings. The summed E-state index contributed by atoms with van der Waals surface area (Å²) < 4.78 is 0.